The predicted molar refractivity (Wildman–Crippen MR) is 76.8 cm³/mol. The smallest absolute Gasteiger partial charge is 0.379 e. The molecule has 1 aromatic rings. The minimum absolute atomic E-state index is 0.173. The number of carbonyl (C=O) groups is 2. The molecule has 1 aromatic carbocycles. The molecule has 0 N–H and O–H groups in total. The van der Waals surface area contributed by atoms with Crippen LogP contribution in [-0.4, -0.2) is 38.7 Å². The molecule has 0 aromatic heterocycles. The summed E-state index contributed by atoms with van der Waals surface area (Å²) in [5, 5.41) is 0. The molecule has 0 atom stereocenters. The molecular formula is C16H20O5. The van der Waals surface area contributed by atoms with Gasteiger partial charge >= 0.3 is 5.97 Å². The molecule has 1 saturated heterocycles. The SMILES string of the molecule is CCOC(=O)C(=O)c1cc(C2CCOCC2)ccc1OC. The molecule has 0 aliphatic carbocycles. The number of ketones is 1. The van der Waals surface area contributed by atoms with E-state index in [0.29, 0.717) is 11.7 Å². The zero-order valence-electron chi connectivity index (χ0n) is 12.4. The molecule has 21 heavy (non-hydrogen) atoms. The first-order valence-electron chi connectivity index (χ1n) is 7.14. The number of methoxy groups -OCH3 is 1. The molecule has 1 aliphatic heterocycles. The van der Waals surface area contributed by atoms with E-state index in [9.17, 15) is 9.59 Å². The molecule has 0 unspecified atom stereocenters. The van der Waals surface area contributed by atoms with Gasteiger partial charge in [0.05, 0.1) is 19.3 Å². The molecule has 0 radical (unpaired) electrons. The molecule has 1 fully saturated rings. The van der Waals surface area contributed by atoms with Gasteiger partial charge in [0.25, 0.3) is 5.78 Å². The van der Waals surface area contributed by atoms with Gasteiger partial charge in [0.1, 0.15) is 5.75 Å². The summed E-state index contributed by atoms with van der Waals surface area (Å²) in [7, 11) is 1.48. The number of rotatable bonds is 5. The number of benzene rings is 1. The standard InChI is InChI=1S/C16H20O5/c1-3-21-16(18)15(17)13-10-12(4-5-14(13)19-2)11-6-8-20-9-7-11/h4-5,10-11H,3,6-9H2,1-2H3. The fraction of sp³-hybridized carbons (Fsp3) is 0.500. The van der Waals surface area contributed by atoms with Crippen molar-refractivity contribution in [2.45, 2.75) is 25.7 Å². The maximum Gasteiger partial charge on any atom is 0.379 e. The number of hydrogen-bond acceptors (Lipinski definition) is 5. The normalized spacial score (nSPS) is 15.5. The highest BCUT2D eigenvalue weighted by Gasteiger charge is 2.24. The van der Waals surface area contributed by atoms with Crippen LogP contribution in [0.2, 0.25) is 0 Å². The average Bonchev–Trinajstić information content (AvgIpc) is 2.54. The van der Waals surface area contributed by atoms with E-state index in [0.717, 1.165) is 31.6 Å². The van der Waals surface area contributed by atoms with Crippen molar-refractivity contribution in [3.05, 3.63) is 29.3 Å². The monoisotopic (exact) mass is 292 g/mol. The molecule has 1 aliphatic rings. The second-order valence-corrected chi connectivity index (χ2v) is 4.90. The molecule has 0 saturated carbocycles. The first-order chi connectivity index (χ1) is 10.2. The van der Waals surface area contributed by atoms with Crippen molar-refractivity contribution < 1.29 is 23.8 Å². The fourth-order valence-electron chi connectivity index (χ4n) is 2.49. The van der Waals surface area contributed by atoms with Crippen molar-refractivity contribution >= 4 is 11.8 Å². The van der Waals surface area contributed by atoms with Gasteiger partial charge in [-0.15, -0.1) is 0 Å². The zero-order valence-corrected chi connectivity index (χ0v) is 12.4. The van der Waals surface area contributed by atoms with Gasteiger partial charge < -0.3 is 14.2 Å². The highest BCUT2D eigenvalue weighted by Crippen LogP contribution is 2.30. The van der Waals surface area contributed by atoms with Crippen LogP contribution in [0.4, 0.5) is 0 Å². The van der Waals surface area contributed by atoms with Crippen LogP contribution in [0.1, 0.15) is 41.6 Å². The number of hydrogen-bond donors (Lipinski definition) is 0. The summed E-state index contributed by atoms with van der Waals surface area (Å²) in [6.07, 6.45) is 1.83. The summed E-state index contributed by atoms with van der Waals surface area (Å²) in [6, 6.07) is 5.42. The summed E-state index contributed by atoms with van der Waals surface area (Å²) < 4.78 is 15.3. The fourth-order valence-corrected chi connectivity index (χ4v) is 2.49. The lowest BCUT2D eigenvalue weighted by Gasteiger charge is -2.23. The van der Waals surface area contributed by atoms with Gasteiger partial charge in [-0.2, -0.15) is 0 Å². The largest absolute Gasteiger partial charge is 0.496 e. The highest BCUT2D eigenvalue weighted by atomic mass is 16.5. The van der Waals surface area contributed by atoms with Crippen LogP contribution in [0.25, 0.3) is 0 Å². The van der Waals surface area contributed by atoms with Gasteiger partial charge in [0.2, 0.25) is 0 Å². The summed E-state index contributed by atoms with van der Waals surface area (Å²) in [6.45, 7) is 3.28. The molecular weight excluding hydrogens is 272 g/mol. The summed E-state index contributed by atoms with van der Waals surface area (Å²) in [5.74, 6) is -0.773. The third-order valence-corrected chi connectivity index (χ3v) is 3.62. The van der Waals surface area contributed by atoms with E-state index in [1.807, 2.05) is 6.07 Å². The van der Waals surface area contributed by atoms with E-state index in [1.54, 1.807) is 19.1 Å². The highest BCUT2D eigenvalue weighted by molar-refractivity contribution is 6.41. The van der Waals surface area contributed by atoms with Crippen LogP contribution < -0.4 is 4.74 Å². The van der Waals surface area contributed by atoms with Crippen molar-refractivity contribution in [2.24, 2.45) is 0 Å². The van der Waals surface area contributed by atoms with Gasteiger partial charge in [-0.3, -0.25) is 4.79 Å². The van der Waals surface area contributed by atoms with Gasteiger partial charge in [-0.05, 0) is 43.4 Å². The third kappa shape index (κ3) is 3.61. The molecule has 0 spiro atoms. The zero-order chi connectivity index (χ0) is 15.2. The first-order valence-corrected chi connectivity index (χ1v) is 7.14. The maximum absolute atomic E-state index is 12.2. The topological polar surface area (TPSA) is 61.8 Å². The van der Waals surface area contributed by atoms with E-state index >= 15 is 0 Å². The average molecular weight is 292 g/mol. The second kappa shape index (κ2) is 7.22. The van der Waals surface area contributed by atoms with Crippen LogP contribution in [-0.2, 0) is 14.3 Å². The Hall–Kier alpha value is -1.88. The Labute approximate surface area is 124 Å². The van der Waals surface area contributed by atoms with Gasteiger partial charge in [0.15, 0.2) is 0 Å². The number of Topliss-reactive ketones (excluding diaryl/α,β-unsaturated/α-hetero) is 1. The van der Waals surface area contributed by atoms with Gasteiger partial charge in [-0.1, -0.05) is 6.07 Å². The Morgan fingerprint density at radius 2 is 2.00 bits per heavy atom. The lowest BCUT2D eigenvalue weighted by molar-refractivity contribution is -0.137. The van der Waals surface area contributed by atoms with Crippen molar-refractivity contribution in [2.75, 3.05) is 26.9 Å². The van der Waals surface area contributed by atoms with Crippen LogP contribution in [0.15, 0.2) is 18.2 Å². The lowest BCUT2D eigenvalue weighted by atomic mass is 9.90. The van der Waals surface area contributed by atoms with E-state index in [1.165, 1.54) is 7.11 Å². The van der Waals surface area contributed by atoms with E-state index < -0.39 is 11.8 Å². The minimum atomic E-state index is -0.847. The second-order valence-electron chi connectivity index (χ2n) is 4.90. The predicted octanol–water partition coefficient (Wildman–Crippen LogP) is 2.33. The summed E-state index contributed by atoms with van der Waals surface area (Å²) in [5.41, 5.74) is 1.30. The van der Waals surface area contributed by atoms with Crippen LogP contribution in [0.3, 0.4) is 0 Å². The Morgan fingerprint density at radius 3 is 2.62 bits per heavy atom. The van der Waals surface area contributed by atoms with Crippen LogP contribution in [0.5, 0.6) is 5.75 Å². The number of ether oxygens (including phenoxy) is 3. The molecule has 2 rings (SSSR count). The van der Waals surface area contributed by atoms with E-state index in [4.69, 9.17) is 14.2 Å². The Balaban J connectivity index is 2.29. The quantitative estimate of drug-likeness (QED) is 0.473. The molecule has 5 nitrogen and oxygen atoms in total. The summed E-state index contributed by atoms with van der Waals surface area (Å²) in [4.78, 5) is 23.8. The maximum atomic E-state index is 12.2. The van der Waals surface area contributed by atoms with E-state index in [2.05, 4.69) is 0 Å². The molecule has 1 heterocycles. The van der Waals surface area contributed by atoms with Crippen molar-refractivity contribution in [3.63, 3.8) is 0 Å². The van der Waals surface area contributed by atoms with Gasteiger partial charge in [0, 0.05) is 13.2 Å². The molecule has 114 valence electrons. The van der Waals surface area contributed by atoms with Crippen molar-refractivity contribution in [3.8, 4) is 5.75 Å². The van der Waals surface area contributed by atoms with Crippen LogP contribution >= 0.6 is 0 Å². The van der Waals surface area contributed by atoms with Crippen LogP contribution in [0, 0.1) is 0 Å². The molecule has 5 heteroatoms. The Morgan fingerprint density at radius 1 is 1.29 bits per heavy atom. The van der Waals surface area contributed by atoms with E-state index in [-0.39, 0.29) is 12.2 Å². The molecule has 0 amide bonds. The third-order valence-electron chi connectivity index (χ3n) is 3.62. The minimum Gasteiger partial charge on any atom is -0.496 e. The number of esters is 1. The van der Waals surface area contributed by atoms with Crippen molar-refractivity contribution in [1.29, 1.82) is 0 Å². The van der Waals surface area contributed by atoms with Gasteiger partial charge in [-0.25, -0.2) is 4.79 Å². The Bertz CT molecular complexity index is 517. The number of carbonyl (C=O) groups excluding carboxylic acids is 2. The molecule has 0 bridgehead atoms. The lowest BCUT2D eigenvalue weighted by Crippen LogP contribution is -2.19. The Kier molecular flexibility index (Phi) is 5.33. The summed E-state index contributed by atoms with van der Waals surface area (Å²) >= 11 is 0. The first kappa shape index (κ1) is 15.5. The van der Waals surface area contributed by atoms with Crippen molar-refractivity contribution in [1.82, 2.24) is 0 Å².